The van der Waals surface area contributed by atoms with Gasteiger partial charge in [-0.1, -0.05) is 19.8 Å². The Morgan fingerprint density at radius 1 is 1.29 bits per heavy atom. The third-order valence-electron chi connectivity index (χ3n) is 3.45. The molecule has 0 saturated heterocycles. The van der Waals surface area contributed by atoms with Gasteiger partial charge in [-0.25, -0.2) is 5.48 Å². The first-order chi connectivity index (χ1) is 11.4. The number of nitrogens with one attached hydrogen (secondary N) is 2. The molecule has 0 saturated carbocycles. The average molecular weight is 334 g/mol. The Morgan fingerprint density at radius 2 is 2.08 bits per heavy atom. The van der Waals surface area contributed by atoms with Crippen molar-refractivity contribution in [2.24, 2.45) is 0 Å². The van der Waals surface area contributed by atoms with Gasteiger partial charge in [-0.05, 0) is 38.5 Å². The summed E-state index contributed by atoms with van der Waals surface area (Å²) in [6.07, 6.45) is 3.35. The second-order valence-electron chi connectivity index (χ2n) is 6.52. The molecule has 0 aliphatic rings. The van der Waals surface area contributed by atoms with Crippen LogP contribution in [-0.4, -0.2) is 34.8 Å². The van der Waals surface area contributed by atoms with Crippen LogP contribution in [0, 0.1) is 0 Å². The molecule has 1 heterocycles. The van der Waals surface area contributed by atoms with Crippen LogP contribution in [0.5, 0.6) is 5.75 Å². The molecule has 24 heavy (non-hydrogen) atoms. The molecule has 1 amide bonds. The second kappa shape index (κ2) is 8.17. The normalized spacial score (nSPS) is 11.7. The van der Waals surface area contributed by atoms with E-state index in [0.29, 0.717) is 12.3 Å². The van der Waals surface area contributed by atoms with E-state index in [1.54, 1.807) is 19.9 Å². The average Bonchev–Trinajstić information content (AvgIpc) is 2.93. The van der Waals surface area contributed by atoms with Gasteiger partial charge in [0.2, 0.25) is 0 Å². The first-order valence-corrected chi connectivity index (χ1v) is 8.29. The van der Waals surface area contributed by atoms with Crippen molar-refractivity contribution in [3.63, 3.8) is 0 Å². The fraction of sp³-hybridized carbons (Fsp3) is 0.500. The van der Waals surface area contributed by atoms with E-state index in [-0.39, 0.29) is 12.5 Å². The predicted octanol–water partition coefficient (Wildman–Crippen LogP) is 3.17. The summed E-state index contributed by atoms with van der Waals surface area (Å²) >= 11 is 0. The van der Waals surface area contributed by atoms with Crippen molar-refractivity contribution in [3.05, 3.63) is 30.0 Å². The van der Waals surface area contributed by atoms with Crippen molar-refractivity contribution in [2.45, 2.75) is 45.6 Å². The fourth-order valence-electron chi connectivity index (χ4n) is 2.19. The summed E-state index contributed by atoms with van der Waals surface area (Å²) in [6.45, 7) is 6.06. The molecule has 1 aromatic heterocycles. The van der Waals surface area contributed by atoms with Crippen LogP contribution >= 0.6 is 0 Å². The molecule has 2 rings (SSSR count). The Hall–Kier alpha value is -2.05. The van der Waals surface area contributed by atoms with Crippen molar-refractivity contribution in [1.29, 1.82) is 0 Å². The molecule has 0 radical (unpaired) electrons. The highest BCUT2D eigenvalue weighted by molar-refractivity contribution is 5.97. The first-order valence-electron chi connectivity index (χ1n) is 8.29. The fourth-order valence-corrected chi connectivity index (χ4v) is 2.19. The van der Waals surface area contributed by atoms with Gasteiger partial charge in [0, 0.05) is 17.0 Å². The molecule has 0 fully saturated rings. The van der Waals surface area contributed by atoms with E-state index in [0.717, 1.165) is 35.9 Å². The number of carbonyl (C=O) groups is 1. The van der Waals surface area contributed by atoms with Gasteiger partial charge in [0.05, 0.1) is 12.2 Å². The number of aromatic amines is 1. The third-order valence-corrected chi connectivity index (χ3v) is 3.45. The molecular formula is C18H26N2O4. The maximum Gasteiger partial charge on any atom is 0.291 e. The lowest BCUT2D eigenvalue weighted by molar-refractivity contribution is -0.0523. The van der Waals surface area contributed by atoms with E-state index >= 15 is 0 Å². The molecule has 0 aliphatic heterocycles. The number of hydrogen-bond acceptors (Lipinski definition) is 4. The number of benzene rings is 1. The van der Waals surface area contributed by atoms with Crippen LogP contribution in [0.4, 0.5) is 0 Å². The van der Waals surface area contributed by atoms with E-state index in [4.69, 9.17) is 9.57 Å². The Labute approximate surface area is 142 Å². The quantitative estimate of drug-likeness (QED) is 0.486. The summed E-state index contributed by atoms with van der Waals surface area (Å²) in [5.74, 6) is 0.395. The van der Waals surface area contributed by atoms with Crippen molar-refractivity contribution >= 4 is 16.8 Å². The smallest absolute Gasteiger partial charge is 0.291 e. The Balaban J connectivity index is 1.96. The standard InChI is InChI=1S/C18H26N2O4/c1-4-5-6-9-23-14-8-7-13-10-16(19-15(13)11-14)17(21)20-24-12-18(2,3)22/h7-8,10-11,19,22H,4-6,9,12H2,1-3H3,(H,20,21). The lowest BCUT2D eigenvalue weighted by atomic mass is 10.2. The molecule has 0 spiro atoms. The number of carbonyl (C=O) groups excluding carboxylic acids is 1. The van der Waals surface area contributed by atoms with Gasteiger partial charge in [-0.3, -0.25) is 9.63 Å². The molecule has 0 aliphatic carbocycles. The second-order valence-corrected chi connectivity index (χ2v) is 6.52. The van der Waals surface area contributed by atoms with Gasteiger partial charge in [-0.15, -0.1) is 0 Å². The first kappa shape index (κ1) is 18.3. The van der Waals surface area contributed by atoms with Crippen molar-refractivity contribution < 1.29 is 19.5 Å². The lowest BCUT2D eigenvalue weighted by Crippen LogP contribution is -2.33. The van der Waals surface area contributed by atoms with Crippen LogP contribution in [0.3, 0.4) is 0 Å². The molecular weight excluding hydrogens is 308 g/mol. The number of hydroxylamine groups is 1. The maximum absolute atomic E-state index is 12.0. The zero-order valence-electron chi connectivity index (χ0n) is 14.5. The highest BCUT2D eigenvalue weighted by Crippen LogP contribution is 2.22. The van der Waals surface area contributed by atoms with Crippen LogP contribution in [0.25, 0.3) is 10.9 Å². The minimum atomic E-state index is -1.00. The van der Waals surface area contributed by atoms with Crippen molar-refractivity contribution in [1.82, 2.24) is 10.5 Å². The number of ether oxygens (including phenoxy) is 1. The van der Waals surface area contributed by atoms with Gasteiger partial charge in [0.25, 0.3) is 5.91 Å². The van der Waals surface area contributed by atoms with Gasteiger partial charge in [0.15, 0.2) is 0 Å². The summed E-state index contributed by atoms with van der Waals surface area (Å²) in [7, 11) is 0. The number of aliphatic hydroxyl groups is 1. The number of H-pyrrole nitrogens is 1. The van der Waals surface area contributed by atoms with Crippen LogP contribution in [0.15, 0.2) is 24.3 Å². The summed E-state index contributed by atoms with van der Waals surface area (Å²) in [6, 6.07) is 7.44. The monoisotopic (exact) mass is 334 g/mol. The highest BCUT2D eigenvalue weighted by Gasteiger charge is 2.15. The molecule has 2 aromatic rings. The minimum absolute atomic E-state index is 0.00865. The van der Waals surface area contributed by atoms with Gasteiger partial charge in [0.1, 0.15) is 18.1 Å². The van der Waals surface area contributed by atoms with Crippen molar-refractivity contribution in [2.75, 3.05) is 13.2 Å². The van der Waals surface area contributed by atoms with E-state index in [1.807, 2.05) is 18.2 Å². The molecule has 1 aromatic carbocycles. The summed E-state index contributed by atoms with van der Waals surface area (Å²) in [4.78, 5) is 20.1. The number of hydrogen-bond donors (Lipinski definition) is 3. The summed E-state index contributed by atoms with van der Waals surface area (Å²) in [5, 5.41) is 10.5. The van der Waals surface area contributed by atoms with E-state index in [2.05, 4.69) is 17.4 Å². The minimum Gasteiger partial charge on any atom is -0.494 e. The number of fused-ring (bicyclic) bond motifs is 1. The van der Waals surface area contributed by atoms with Crippen LogP contribution in [0.2, 0.25) is 0 Å². The van der Waals surface area contributed by atoms with Crippen LogP contribution in [0.1, 0.15) is 50.5 Å². The largest absolute Gasteiger partial charge is 0.494 e. The SMILES string of the molecule is CCCCCOc1ccc2cc(C(=O)NOCC(C)(C)O)[nH]c2c1. The number of rotatable bonds is 9. The third kappa shape index (κ3) is 5.54. The molecule has 0 atom stereocenters. The topological polar surface area (TPSA) is 83.6 Å². The van der Waals surface area contributed by atoms with E-state index < -0.39 is 5.60 Å². The molecule has 6 heteroatoms. The van der Waals surface area contributed by atoms with Gasteiger partial charge < -0.3 is 14.8 Å². The lowest BCUT2D eigenvalue weighted by Gasteiger charge is -2.16. The number of aromatic nitrogens is 1. The maximum atomic E-state index is 12.0. The molecule has 132 valence electrons. The molecule has 3 N–H and O–H groups in total. The Morgan fingerprint density at radius 3 is 2.79 bits per heavy atom. The van der Waals surface area contributed by atoms with Gasteiger partial charge in [-0.2, -0.15) is 0 Å². The van der Waals surface area contributed by atoms with E-state index in [1.165, 1.54) is 0 Å². The Kier molecular flexibility index (Phi) is 6.23. The van der Waals surface area contributed by atoms with Crippen molar-refractivity contribution in [3.8, 4) is 5.75 Å². The zero-order valence-corrected chi connectivity index (χ0v) is 14.5. The summed E-state index contributed by atoms with van der Waals surface area (Å²) < 4.78 is 5.72. The predicted molar refractivity (Wildman–Crippen MR) is 93.0 cm³/mol. The van der Waals surface area contributed by atoms with Crippen LogP contribution in [-0.2, 0) is 4.84 Å². The van der Waals surface area contributed by atoms with Gasteiger partial charge >= 0.3 is 0 Å². The van der Waals surface area contributed by atoms with Crippen LogP contribution < -0.4 is 10.2 Å². The number of amides is 1. The molecule has 6 nitrogen and oxygen atoms in total. The molecule has 0 unspecified atom stereocenters. The molecule has 0 bridgehead atoms. The highest BCUT2D eigenvalue weighted by atomic mass is 16.7. The zero-order chi connectivity index (χ0) is 17.6. The van der Waals surface area contributed by atoms with E-state index in [9.17, 15) is 9.90 Å². The number of unbranched alkanes of at least 4 members (excludes halogenated alkanes) is 2. The Bertz CT molecular complexity index is 673. The summed E-state index contributed by atoms with van der Waals surface area (Å²) in [5.41, 5.74) is 2.54.